The lowest BCUT2D eigenvalue weighted by atomic mass is 10.1. The molecule has 0 bridgehead atoms. The Bertz CT molecular complexity index is 1040. The number of aromatic amines is 1. The van der Waals surface area contributed by atoms with E-state index in [4.69, 9.17) is 14.3 Å². The zero-order chi connectivity index (χ0) is 23.8. The molecule has 8 nitrogen and oxygen atoms in total. The van der Waals surface area contributed by atoms with Gasteiger partial charge in [0.15, 0.2) is 11.5 Å². The fourth-order valence-corrected chi connectivity index (χ4v) is 3.54. The molecule has 2 heterocycles. The Labute approximate surface area is 193 Å². The van der Waals surface area contributed by atoms with Crippen LogP contribution in [0, 0.1) is 0 Å². The zero-order valence-corrected chi connectivity index (χ0v) is 19.3. The molecular formula is C25H31N3O5. The first-order valence-corrected chi connectivity index (χ1v) is 11.2. The van der Waals surface area contributed by atoms with Crippen LogP contribution in [0.5, 0.6) is 5.75 Å². The lowest BCUT2D eigenvalue weighted by Crippen LogP contribution is -2.36. The summed E-state index contributed by atoms with van der Waals surface area (Å²) in [5.41, 5.74) is 1.87. The molecule has 1 amide bonds. The molecule has 3 aromatic rings. The van der Waals surface area contributed by atoms with Gasteiger partial charge in [-0.05, 0) is 58.2 Å². The summed E-state index contributed by atoms with van der Waals surface area (Å²) in [7, 11) is 0. The van der Waals surface area contributed by atoms with E-state index in [0.29, 0.717) is 30.1 Å². The first-order valence-electron chi connectivity index (χ1n) is 11.2. The van der Waals surface area contributed by atoms with Crippen LogP contribution in [0.3, 0.4) is 0 Å². The van der Waals surface area contributed by atoms with E-state index >= 15 is 0 Å². The monoisotopic (exact) mass is 453 g/mol. The summed E-state index contributed by atoms with van der Waals surface area (Å²) in [5.74, 6) is 0.379. The number of carbonyl (C=O) groups is 2. The van der Waals surface area contributed by atoms with Gasteiger partial charge >= 0.3 is 5.97 Å². The van der Waals surface area contributed by atoms with Crippen molar-refractivity contribution in [3.05, 3.63) is 60.0 Å². The number of unbranched alkanes of at least 4 members (excludes halogenated alkanes) is 1. The van der Waals surface area contributed by atoms with E-state index in [1.54, 1.807) is 29.4 Å². The summed E-state index contributed by atoms with van der Waals surface area (Å²) in [4.78, 5) is 25.7. The second kappa shape index (κ2) is 11.4. The van der Waals surface area contributed by atoms with Crippen molar-refractivity contribution in [3.8, 4) is 17.2 Å². The maximum Gasteiger partial charge on any atom is 0.303 e. The lowest BCUT2D eigenvalue weighted by Gasteiger charge is -2.27. The number of ether oxygens (including phenoxy) is 1. The first-order chi connectivity index (χ1) is 15.8. The Balaban J connectivity index is 1.68. The van der Waals surface area contributed by atoms with Gasteiger partial charge in [0.2, 0.25) is 0 Å². The Kier molecular flexibility index (Phi) is 8.29. The van der Waals surface area contributed by atoms with E-state index < -0.39 is 5.97 Å². The average Bonchev–Trinajstić information content (AvgIpc) is 3.47. The number of nitrogens with zero attached hydrogens (tertiary/aromatic N) is 2. The third kappa shape index (κ3) is 6.71. The Morgan fingerprint density at radius 1 is 1.15 bits per heavy atom. The van der Waals surface area contributed by atoms with Crippen LogP contribution in [-0.2, 0) is 11.3 Å². The number of carboxylic acid groups (broad SMARTS) is 1. The highest BCUT2D eigenvalue weighted by molar-refractivity contribution is 5.93. The van der Waals surface area contributed by atoms with Crippen LogP contribution in [0.15, 0.2) is 53.1 Å². The molecule has 8 heteroatoms. The number of aliphatic carboxylic acids is 1. The average molecular weight is 454 g/mol. The van der Waals surface area contributed by atoms with Crippen LogP contribution in [0.4, 0.5) is 0 Å². The van der Waals surface area contributed by atoms with Crippen LogP contribution >= 0.6 is 0 Å². The van der Waals surface area contributed by atoms with E-state index in [9.17, 15) is 9.59 Å². The predicted octanol–water partition coefficient (Wildman–Crippen LogP) is 5.13. The van der Waals surface area contributed by atoms with Crippen LogP contribution in [0.1, 0.15) is 62.5 Å². The van der Waals surface area contributed by atoms with E-state index in [2.05, 4.69) is 10.2 Å². The molecule has 0 aliphatic carbocycles. The molecule has 1 atom stereocenters. The third-order valence-corrected chi connectivity index (χ3v) is 5.36. The van der Waals surface area contributed by atoms with E-state index in [0.717, 1.165) is 24.2 Å². The fraction of sp³-hybridized carbons (Fsp3) is 0.400. The molecule has 0 saturated heterocycles. The molecule has 2 aromatic heterocycles. The molecule has 0 spiro atoms. The molecular weight excluding hydrogens is 422 g/mol. The number of furan rings is 1. The highest BCUT2D eigenvalue weighted by atomic mass is 16.5. The zero-order valence-electron chi connectivity index (χ0n) is 19.3. The standard InChI is InChI=1S/C25H31N3O5/c1-17(2)28(25(31)21-15-20(26-27-21)23-12-8-14-32-23)16-19-10-5-6-11-22(19)33-18(3)9-4-7-13-24(29)30/h5-6,8,10-12,14-15,17-18H,4,7,9,13,16H2,1-3H3,(H,26,27)(H,29,30)/t18-/m1/s1. The van der Waals surface area contributed by atoms with E-state index in [-0.39, 0.29) is 24.5 Å². The minimum absolute atomic E-state index is 0.0530. The number of nitrogens with one attached hydrogen (secondary N) is 1. The highest BCUT2D eigenvalue weighted by Gasteiger charge is 2.23. The van der Waals surface area contributed by atoms with Crippen LogP contribution < -0.4 is 4.74 Å². The van der Waals surface area contributed by atoms with Crippen molar-refractivity contribution in [1.29, 1.82) is 0 Å². The number of carbonyl (C=O) groups excluding carboxylic acids is 1. The Morgan fingerprint density at radius 2 is 1.94 bits per heavy atom. The molecule has 0 saturated carbocycles. The van der Waals surface area contributed by atoms with Gasteiger partial charge in [-0.25, -0.2) is 0 Å². The molecule has 176 valence electrons. The topological polar surface area (TPSA) is 109 Å². The molecule has 0 aliphatic rings. The van der Waals surface area contributed by atoms with E-state index in [1.807, 2.05) is 45.0 Å². The fourth-order valence-electron chi connectivity index (χ4n) is 3.54. The van der Waals surface area contributed by atoms with E-state index in [1.165, 1.54) is 0 Å². The van der Waals surface area contributed by atoms with Gasteiger partial charge in [-0.1, -0.05) is 18.2 Å². The molecule has 0 aliphatic heterocycles. The summed E-state index contributed by atoms with van der Waals surface area (Å²) in [6, 6.07) is 12.9. The highest BCUT2D eigenvalue weighted by Crippen LogP contribution is 2.25. The van der Waals surface area contributed by atoms with Crippen molar-refractivity contribution in [1.82, 2.24) is 15.1 Å². The van der Waals surface area contributed by atoms with Gasteiger partial charge in [0.1, 0.15) is 11.4 Å². The molecule has 0 unspecified atom stereocenters. The van der Waals surface area contributed by atoms with Gasteiger partial charge in [0, 0.05) is 30.6 Å². The molecule has 1 aromatic carbocycles. The summed E-state index contributed by atoms with van der Waals surface area (Å²) in [6.45, 7) is 6.28. The van der Waals surface area contributed by atoms with Gasteiger partial charge in [0.25, 0.3) is 5.91 Å². The molecule has 2 N–H and O–H groups in total. The number of carboxylic acids is 1. The minimum Gasteiger partial charge on any atom is -0.490 e. The van der Waals surface area contributed by atoms with Crippen LogP contribution in [-0.4, -0.2) is 44.2 Å². The Morgan fingerprint density at radius 3 is 2.64 bits per heavy atom. The lowest BCUT2D eigenvalue weighted by molar-refractivity contribution is -0.137. The quantitative estimate of drug-likeness (QED) is 0.368. The van der Waals surface area contributed by atoms with Gasteiger partial charge in [-0.15, -0.1) is 0 Å². The summed E-state index contributed by atoms with van der Waals surface area (Å²) >= 11 is 0. The number of aromatic nitrogens is 2. The summed E-state index contributed by atoms with van der Waals surface area (Å²) < 4.78 is 11.5. The number of H-pyrrole nitrogens is 1. The van der Waals surface area contributed by atoms with Crippen molar-refractivity contribution in [3.63, 3.8) is 0 Å². The maximum absolute atomic E-state index is 13.3. The van der Waals surface area contributed by atoms with Gasteiger partial charge in [-0.3, -0.25) is 14.7 Å². The van der Waals surface area contributed by atoms with Gasteiger partial charge < -0.3 is 19.2 Å². The van der Waals surface area contributed by atoms with Crippen molar-refractivity contribution < 1.29 is 23.8 Å². The normalized spacial score (nSPS) is 12.0. The molecule has 3 rings (SSSR count). The number of benzene rings is 1. The summed E-state index contributed by atoms with van der Waals surface area (Å²) in [6.07, 6.45) is 3.85. The van der Waals surface area contributed by atoms with Crippen molar-refractivity contribution in [2.24, 2.45) is 0 Å². The van der Waals surface area contributed by atoms with Gasteiger partial charge in [-0.2, -0.15) is 5.10 Å². The van der Waals surface area contributed by atoms with Gasteiger partial charge in [0.05, 0.1) is 12.4 Å². The molecule has 0 radical (unpaired) electrons. The predicted molar refractivity (Wildman–Crippen MR) is 124 cm³/mol. The number of amides is 1. The largest absolute Gasteiger partial charge is 0.490 e. The number of hydrogen-bond donors (Lipinski definition) is 2. The number of rotatable bonds is 12. The SMILES string of the molecule is CC(C)N(Cc1ccccc1O[C@H](C)CCCCC(=O)O)C(=O)c1cc(-c2ccco2)[nH]n1. The minimum atomic E-state index is -0.777. The van der Waals surface area contributed by atoms with Crippen LogP contribution in [0.2, 0.25) is 0 Å². The maximum atomic E-state index is 13.3. The second-order valence-corrected chi connectivity index (χ2v) is 8.35. The van der Waals surface area contributed by atoms with Crippen molar-refractivity contribution >= 4 is 11.9 Å². The number of hydrogen-bond acceptors (Lipinski definition) is 5. The number of para-hydroxylation sites is 1. The van der Waals surface area contributed by atoms with Crippen molar-refractivity contribution in [2.45, 2.75) is 65.1 Å². The van der Waals surface area contributed by atoms with Crippen molar-refractivity contribution in [2.75, 3.05) is 0 Å². The second-order valence-electron chi connectivity index (χ2n) is 8.35. The first kappa shape index (κ1) is 24.1. The Hall–Kier alpha value is -3.55. The smallest absolute Gasteiger partial charge is 0.303 e. The molecule has 0 fully saturated rings. The van der Waals surface area contributed by atoms with Crippen LogP contribution in [0.25, 0.3) is 11.5 Å². The summed E-state index contributed by atoms with van der Waals surface area (Å²) in [5, 5.41) is 15.8. The molecule has 33 heavy (non-hydrogen) atoms. The third-order valence-electron chi connectivity index (χ3n) is 5.36.